The minimum Gasteiger partial charge on any atom is -0.397 e. The van der Waals surface area contributed by atoms with E-state index in [-0.39, 0.29) is 0 Å². The fourth-order valence-corrected chi connectivity index (χ4v) is 3.33. The van der Waals surface area contributed by atoms with Crippen molar-refractivity contribution in [2.45, 2.75) is 31.4 Å². The van der Waals surface area contributed by atoms with Crippen LogP contribution in [0.1, 0.15) is 19.3 Å². The van der Waals surface area contributed by atoms with Crippen molar-refractivity contribution in [1.29, 1.82) is 0 Å². The van der Waals surface area contributed by atoms with Gasteiger partial charge in [-0.3, -0.25) is 0 Å². The van der Waals surface area contributed by atoms with Crippen molar-refractivity contribution in [2.75, 3.05) is 23.8 Å². The van der Waals surface area contributed by atoms with Gasteiger partial charge in [0, 0.05) is 6.54 Å². The van der Waals surface area contributed by atoms with Crippen molar-refractivity contribution in [3.63, 3.8) is 0 Å². The molecule has 1 aliphatic carbocycles. The first kappa shape index (κ1) is 11.2. The molecule has 1 aliphatic heterocycles. The number of hydrogen-bond donors (Lipinski definition) is 1. The summed E-state index contributed by atoms with van der Waals surface area (Å²) in [5.74, 6) is 0. The summed E-state index contributed by atoms with van der Waals surface area (Å²) in [4.78, 5) is 2.35. The van der Waals surface area contributed by atoms with Gasteiger partial charge in [-0.05, 0) is 31.4 Å². The highest BCUT2D eigenvalue weighted by Gasteiger charge is 2.37. The maximum absolute atomic E-state index is 6.29. The number of anilines is 2. The number of para-hydroxylation sites is 1. The summed E-state index contributed by atoms with van der Waals surface area (Å²) in [6.07, 6.45) is 3.93. The number of nitrogen functional groups attached to an aromatic ring is 1. The van der Waals surface area contributed by atoms with E-state index >= 15 is 0 Å². The Morgan fingerprint density at radius 1 is 1.35 bits per heavy atom. The second-order valence-corrected chi connectivity index (χ2v) is 5.19. The molecule has 4 heteroatoms. The van der Waals surface area contributed by atoms with Crippen molar-refractivity contribution in [3.05, 3.63) is 23.2 Å². The van der Waals surface area contributed by atoms with Crippen LogP contribution >= 0.6 is 11.6 Å². The van der Waals surface area contributed by atoms with Crippen LogP contribution in [0.5, 0.6) is 0 Å². The lowest BCUT2D eigenvalue weighted by Crippen LogP contribution is -2.49. The van der Waals surface area contributed by atoms with Crippen LogP contribution < -0.4 is 10.6 Å². The minimum atomic E-state index is 0.361. The van der Waals surface area contributed by atoms with Crippen LogP contribution in [-0.4, -0.2) is 25.3 Å². The number of nitrogens with zero attached hydrogens (tertiary/aromatic N) is 1. The molecule has 2 aliphatic rings. The van der Waals surface area contributed by atoms with Crippen molar-refractivity contribution < 1.29 is 4.74 Å². The van der Waals surface area contributed by atoms with Crippen molar-refractivity contribution in [3.8, 4) is 0 Å². The molecular weight excluding hydrogens is 236 g/mol. The number of halogens is 1. The number of nitrogens with two attached hydrogens (primary N) is 1. The maximum Gasteiger partial charge on any atom is 0.0793 e. The zero-order valence-corrected chi connectivity index (χ0v) is 10.5. The monoisotopic (exact) mass is 252 g/mol. The Labute approximate surface area is 106 Å². The Hall–Kier alpha value is -0.930. The average molecular weight is 253 g/mol. The Morgan fingerprint density at radius 3 is 3.06 bits per heavy atom. The van der Waals surface area contributed by atoms with Crippen LogP contribution in [0.25, 0.3) is 0 Å². The molecule has 3 nitrogen and oxygen atoms in total. The molecule has 1 aromatic carbocycles. The highest BCUT2D eigenvalue weighted by atomic mass is 35.5. The largest absolute Gasteiger partial charge is 0.397 e. The Bertz CT molecular complexity index is 404. The molecule has 1 heterocycles. The lowest BCUT2D eigenvalue weighted by atomic mass is 10.1. The minimum absolute atomic E-state index is 0.361. The summed E-state index contributed by atoms with van der Waals surface area (Å²) in [7, 11) is 0. The van der Waals surface area contributed by atoms with Crippen LogP contribution in [0.15, 0.2) is 18.2 Å². The average Bonchev–Trinajstić information content (AvgIpc) is 2.77. The molecule has 1 saturated carbocycles. The van der Waals surface area contributed by atoms with Crippen LogP contribution in [0.4, 0.5) is 11.4 Å². The SMILES string of the molecule is Nc1cccc(Cl)c1N1CCOC2CCCC21. The summed E-state index contributed by atoms with van der Waals surface area (Å²) in [5, 5.41) is 0.748. The summed E-state index contributed by atoms with van der Waals surface area (Å²) in [5.41, 5.74) is 7.83. The van der Waals surface area contributed by atoms with Gasteiger partial charge in [0.1, 0.15) is 0 Å². The molecule has 1 aromatic rings. The van der Waals surface area contributed by atoms with E-state index in [1.807, 2.05) is 18.2 Å². The second-order valence-electron chi connectivity index (χ2n) is 4.78. The molecule has 2 atom stereocenters. The van der Waals surface area contributed by atoms with E-state index in [1.165, 1.54) is 12.8 Å². The lowest BCUT2D eigenvalue weighted by Gasteiger charge is -2.40. The van der Waals surface area contributed by atoms with Crippen molar-refractivity contribution in [1.82, 2.24) is 0 Å². The molecular formula is C13H17ClN2O. The van der Waals surface area contributed by atoms with Crippen molar-refractivity contribution in [2.24, 2.45) is 0 Å². The first-order valence-corrected chi connectivity index (χ1v) is 6.57. The van der Waals surface area contributed by atoms with E-state index in [0.717, 1.165) is 36.0 Å². The summed E-state index contributed by atoms with van der Waals surface area (Å²) in [6.45, 7) is 1.65. The van der Waals surface area contributed by atoms with Gasteiger partial charge in [-0.25, -0.2) is 0 Å². The van der Waals surface area contributed by atoms with Gasteiger partial charge in [0.05, 0.1) is 35.2 Å². The van der Waals surface area contributed by atoms with Gasteiger partial charge in [0.15, 0.2) is 0 Å². The summed E-state index contributed by atoms with van der Waals surface area (Å²) >= 11 is 6.29. The topological polar surface area (TPSA) is 38.5 Å². The van der Waals surface area contributed by atoms with E-state index in [4.69, 9.17) is 22.1 Å². The van der Waals surface area contributed by atoms with Crippen LogP contribution in [0.2, 0.25) is 5.02 Å². The van der Waals surface area contributed by atoms with Gasteiger partial charge in [0.2, 0.25) is 0 Å². The fraction of sp³-hybridized carbons (Fsp3) is 0.538. The lowest BCUT2D eigenvalue weighted by molar-refractivity contribution is 0.0257. The third-order valence-electron chi connectivity index (χ3n) is 3.79. The van der Waals surface area contributed by atoms with E-state index in [2.05, 4.69) is 4.90 Å². The molecule has 2 unspecified atom stereocenters. The second kappa shape index (κ2) is 4.39. The summed E-state index contributed by atoms with van der Waals surface area (Å²) < 4.78 is 5.81. The molecule has 0 aromatic heterocycles. The maximum atomic E-state index is 6.29. The Morgan fingerprint density at radius 2 is 2.24 bits per heavy atom. The van der Waals surface area contributed by atoms with Gasteiger partial charge in [-0.15, -0.1) is 0 Å². The third kappa shape index (κ3) is 1.87. The van der Waals surface area contributed by atoms with Crippen LogP contribution in [0, 0.1) is 0 Å². The molecule has 3 rings (SSSR count). The first-order valence-electron chi connectivity index (χ1n) is 6.19. The number of ether oxygens (including phenoxy) is 1. The molecule has 2 N–H and O–H groups in total. The molecule has 92 valence electrons. The van der Waals surface area contributed by atoms with Crippen LogP contribution in [-0.2, 0) is 4.74 Å². The number of fused-ring (bicyclic) bond motifs is 1. The molecule has 0 amide bonds. The fourth-order valence-electron chi connectivity index (χ4n) is 3.04. The van der Waals surface area contributed by atoms with Crippen LogP contribution in [0.3, 0.4) is 0 Å². The number of benzene rings is 1. The first-order chi connectivity index (χ1) is 8.27. The zero-order chi connectivity index (χ0) is 11.8. The quantitative estimate of drug-likeness (QED) is 0.781. The normalized spacial score (nSPS) is 28.2. The Balaban J connectivity index is 1.97. The molecule has 2 fully saturated rings. The van der Waals surface area contributed by atoms with Gasteiger partial charge in [0.25, 0.3) is 0 Å². The number of rotatable bonds is 1. The van der Waals surface area contributed by atoms with Gasteiger partial charge in [-0.1, -0.05) is 17.7 Å². The number of hydrogen-bond acceptors (Lipinski definition) is 3. The molecule has 0 spiro atoms. The predicted molar refractivity (Wildman–Crippen MR) is 70.6 cm³/mol. The van der Waals surface area contributed by atoms with E-state index in [1.54, 1.807) is 0 Å². The Kier molecular flexibility index (Phi) is 2.89. The van der Waals surface area contributed by atoms with E-state index < -0.39 is 0 Å². The van der Waals surface area contributed by atoms with Gasteiger partial charge >= 0.3 is 0 Å². The highest BCUT2D eigenvalue weighted by molar-refractivity contribution is 6.34. The molecule has 0 radical (unpaired) electrons. The van der Waals surface area contributed by atoms with Gasteiger partial charge in [-0.2, -0.15) is 0 Å². The number of morpholine rings is 1. The standard InChI is InChI=1S/C13H17ClN2O/c14-9-3-1-4-10(15)13(9)16-7-8-17-12-6-2-5-11(12)16/h1,3-4,11-12H,2,5-8,15H2. The van der Waals surface area contributed by atoms with Gasteiger partial charge < -0.3 is 15.4 Å². The highest BCUT2D eigenvalue weighted by Crippen LogP contribution is 2.39. The smallest absolute Gasteiger partial charge is 0.0793 e. The molecule has 0 bridgehead atoms. The molecule has 1 saturated heterocycles. The van der Waals surface area contributed by atoms with Crippen molar-refractivity contribution >= 4 is 23.0 Å². The zero-order valence-electron chi connectivity index (χ0n) is 9.73. The third-order valence-corrected chi connectivity index (χ3v) is 4.09. The predicted octanol–water partition coefficient (Wildman–Crippen LogP) is 2.68. The summed E-state index contributed by atoms with van der Waals surface area (Å²) in [6, 6.07) is 6.17. The van der Waals surface area contributed by atoms with E-state index in [9.17, 15) is 0 Å². The molecule has 17 heavy (non-hydrogen) atoms. The van der Waals surface area contributed by atoms with E-state index in [0.29, 0.717) is 12.1 Å².